The Bertz CT molecular complexity index is 143. The van der Waals surface area contributed by atoms with Crippen molar-refractivity contribution in [1.29, 1.82) is 0 Å². The van der Waals surface area contributed by atoms with Gasteiger partial charge < -0.3 is 5.11 Å². The molecule has 0 bridgehead atoms. The van der Waals surface area contributed by atoms with Gasteiger partial charge in [-0.2, -0.15) is 0 Å². The lowest BCUT2D eigenvalue weighted by Crippen LogP contribution is -2.09. The van der Waals surface area contributed by atoms with Gasteiger partial charge in [-0.05, 0) is 20.3 Å². The third kappa shape index (κ3) is 3.28. The van der Waals surface area contributed by atoms with Crippen LogP contribution in [-0.4, -0.2) is 11.1 Å². The molecule has 0 aromatic heterocycles. The van der Waals surface area contributed by atoms with Crippen molar-refractivity contribution in [2.24, 2.45) is 5.92 Å². The maximum absolute atomic E-state index is 10.4. The predicted octanol–water partition coefficient (Wildman–Crippen LogP) is 2.06. The molecule has 2 heteroatoms. The minimum Gasteiger partial charge on any atom is -0.481 e. The molecule has 0 aromatic rings. The fraction of sp³-hybridized carbons (Fsp3) is 0.625. The van der Waals surface area contributed by atoms with Crippen LogP contribution in [0.5, 0.6) is 0 Å². The summed E-state index contributed by atoms with van der Waals surface area (Å²) >= 11 is 0. The number of aliphatic carboxylic acids is 1. The predicted molar refractivity (Wildman–Crippen MR) is 40.8 cm³/mol. The van der Waals surface area contributed by atoms with Crippen molar-refractivity contribution >= 4 is 5.97 Å². The van der Waals surface area contributed by atoms with Gasteiger partial charge in [0.05, 0.1) is 5.92 Å². The van der Waals surface area contributed by atoms with Crippen LogP contribution in [0.1, 0.15) is 27.2 Å². The highest BCUT2D eigenvalue weighted by Crippen LogP contribution is 2.07. The van der Waals surface area contributed by atoms with E-state index in [4.69, 9.17) is 5.11 Å². The Morgan fingerprint density at radius 3 is 2.20 bits per heavy atom. The number of carbonyl (C=O) groups is 1. The molecule has 0 fully saturated rings. The van der Waals surface area contributed by atoms with Crippen molar-refractivity contribution in [2.45, 2.75) is 27.2 Å². The van der Waals surface area contributed by atoms with E-state index in [-0.39, 0.29) is 5.92 Å². The van der Waals surface area contributed by atoms with Crippen LogP contribution in [0.2, 0.25) is 0 Å². The van der Waals surface area contributed by atoms with Crippen LogP contribution in [0.25, 0.3) is 0 Å². The van der Waals surface area contributed by atoms with E-state index in [0.29, 0.717) is 6.42 Å². The van der Waals surface area contributed by atoms with Gasteiger partial charge in [-0.15, -0.1) is 0 Å². The normalized spacial score (nSPS) is 12.3. The molecule has 1 atom stereocenters. The molecule has 0 rings (SSSR count). The molecular formula is C8H14O2. The van der Waals surface area contributed by atoms with Crippen LogP contribution in [0, 0.1) is 5.92 Å². The zero-order valence-corrected chi connectivity index (χ0v) is 6.72. The quantitative estimate of drug-likeness (QED) is 0.612. The number of hydrogen-bond acceptors (Lipinski definition) is 1. The van der Waals surface area contributed by atoms with Gasteiger partial charge in [0.25, 0.3) is 0 Å². The van der Waals surface area contributed by atoms with Crippen molar-refractivity contribution in [3.05, 3.63) is 11.6 Å². The monoisotopic (exact) mass is 142 g/mol. The minimum atomic E-state index is -0.733. The fourth-order valence-corrected chi connectivity index (χ4v) is 0.766. The third-order valence-electron chi connectivity index (χ3n) is 1.29. The average molecular weight is 142 g/mol. The van der Waals surface area contributed by atoms with Crippen molar-refractivity contribution in [3.8, 4) is 0 Å². The first-order valence-corrected chi connectivity index (χ1v) is 3.45. The van der Waals surface area contributed by atoms with Crippen molar-refractivity contribution in [3.63, 3.8) is 0 Å². The van der Waals surface area contributed by atoms with Gasteiger partial charge in [0.2, 0.25) is 0 Å². The van der Waals surface area contributed by atoms with E-state index < -0.39 is 5.97 Å². The summed E-state index contributed by atoms with van der Waals surface area (Å²) in [4.78, 5) is 10.4. The second-order valence-electron chi connectivity index (χ2n) is 2.60. The summed E-state index contributed by atoms with van der Waals surface area (Å²) in [6.45, 7) is 5.69. The average Bonchev–Trinajstić information content (AvgIpc) is 1.81. The van der Waals surface area contributed by atoms with E-state index >= 15 is 0 Å². The van der Waals surface area contributed by atoms with Gasteiger partial charge in [0, 0.05) is 0 Å². The maximum atomic E-state index is 10.4. The molecule has 0 radical (unpaired) electrons. The third-order valence-corrected chi connectivity index (χ3v) is 1.29. The molecule has 2 nitrogen and oxygen atoms in total. The van der Waals surface area contributed by atoms with Gasteiger partial charge in [-0.25, -0.2) is 0 Å². The Labute approximate surface area is 61.6 Å². The van der Waals surface area contributed by atoms with Gasteiger partial charge in [0.15, 0.2) is 0 Å². The zero-order chi connectivity index (χ0) is 8.15. The van der Waals surface area contributed by atoms with Gasteiger partial charge in [0.1, 0.15) is 0 Å². The summed E-state index contributed by atoms with van der Waals surface area (Å²) in [6, 6.07) is 0. The molecule has 0 aliphatic rings. The van der Waals surface area contributed by atoms with E-state index in [2.05, 4.69) is 0 Å². The molecule has 0 aromatic carbocycles. The van der Waals surface area contributed by atoms with Gasteiger partial charge in [-0.3, -0.25) is 4.79 Å². The highest BCUT2D eigenvalue weighted by atomic mass is 16.4. The SMILES string of the molecule is CCC(C=C(C)C)C(=O)O. The molecule has 0 aliphatic heterocycles. The Morgan fingerprint density at radius 2 is 2.10 bits per heavy atom. The number of hydrogen-bond donors (Lipinski definition) is 1. The van der Waals surface area contributed by atoms with Crippen molar-refractivity contribution in [2.75, 3.05) is 0 Å². The van der Waals surface area contributed by atoms with E-state index in [0.717, 1.165) is 5.57 Å². The molecule has 0 saturated carbocycles. The Hall–Kier alpha value is -0.790. The lowest BCUT2D eigenvalue weighted by Gasteiger charge is -2.02. The van der Waals surface area contributed by atoms with E-state index in [1.165, 1.54) is 0 Å². The molecule has 10 heavy (non-hydrogen) atoms. The minimum absolute atomic E-state index is 0.301. The van der Waals surface area contributed by atoms with Gasteiger partial charge in [-0.1, -0.05) is 18.6 Å². The number of carboxylic acids is 1. The lowest BCUT2D eigenvalue weighted by atomic mass is 10.0. The smallest absolute Gasteiger partial charge is 0.310 e. The van der Waals surface area contributed by atoms with Crippen LogP contribution in [0.15, 0.2) is 11.6 Å². The molecule has 0 spiro atoms. The number of allylic oxidation sites excluding steroid dienone is 1. The van der Waals surface area contributed by atoms with Crippen LogP contribution in [0.4, 0.5) is 0 Å². The molecule has 0 amide bonds. The second-order valence-corrected chi connectivity index (χ2v) is 2.60. The summed E-state index contributed by atoms with van der Waals surface area (Å²) in [5, 5.41) is 8.58. The van der Waals surface area contributed by atoms with Crippen LogP contribution in [0.3, 0.4) is 0 Å². The van der Waals surface area contributed by atoms with E-state index in [9.17, 15) is 4.79 Å². The molecule has 58 valence electrons. The van der Waals surface area contributed by atoms with Gasteiger partial charge >= 0.3 is 5.97 Å². The second kappa shape index (κ2) is 4.09. The topological polar surface area (TPSA) is 37.3 Å². The molecule has 0 saturated heterocycles. The maximum Gasteiger partial charge on any atom is 0.310 e. The Kier molecular flexibility index (Phi) is 3.77. The summed E-state index contributed by atoms with van der Waals surface area (Å²) in [5.74, 6) is -1.03. The summed E-state index contributed by atoms with van der Waals surface area (Å²) in [6.07, 6.45) is 2.45. The highest BCUT2D eigenvalue weighted by molar-refractivity contribution is 5.72. The van der Waals surface area contributed by atoms with Crippen LogP contribution in [-0.2, 0) is 4.79 Å². The zero-order valence-electron chi connectivity index (χ0n) is 6.72. The molecule has 1 N–H and O–H groups in total. The van der Waals surface area contributed by atoms with E-state index in [1.807, 2.05) is 20.8 Å². The first kappa shape index (κ1) is 9.21. The molecule has 0 aliphatic carbocycles. The first-order valence-electron chi connectivity index (χ1n) is 3.45. The number of rotatable bonds is 3. The lowest BCUT2D eigenvalue weighted by molar-refractivity contribution is -0.140. The molecular weight excluding hydrogens is 128 g/mol. The number of carboxylic acid groups (broad SMARTS) is 1. The van der Waals surface area contributed by atoms with Crippen LogP contribution < -0.4 is 0 Å². The Balaban J connectivity index is 4.09. The van der Waals surface area contributed by atoms with E-state index in [1.54, 1.807) is 6.08 Å². The van der Waals surface area contributed by atoms with Crippen molar-refractivity contribution in [1.82, 2.24) is 0 Å². The Morgan fingerprint density at radius 1 is 1.60 bits per heavy atom. The fourth-order valence-electron chi connectivity index (χ4n) is 0.766. The summed E-state index contributed by atoms with van der Waals surface area (Å²) in [7, 11) is 0. The molecule has 1 unspecified atom stereocenters. The largest absolute Gasteiger partial charge is 0.481 e. The summed E-state index contributed by atoms with van der Waals surface area (Å²) < 4.78 is 0. The van der Waals surface area contributed by atoms with Crippen molar-refractivity contribution < 1.29 is 9.90 Å². The van der Waals surface area contributed by atoms with Crippen LogP contribution >= 0.6 is 0 Å². The standard InChI is InChI=1S/C8H14O2/c1-4-7(8(9)10)5-6(2)3/h5,7H,4H2,1-3H3,(H,9,10). The highest BCUT2D eigenvalue weighted by Gasteiger charge is 2.10. The first-order chi connectivity index (χ1) is 4.57. The molecule has 0 heterocycles. The summed E-state index contributed by atoms with van der Waals surface area (Å²) in [5.41, 5.74) is 1.06.